The highest BCUT2D eigenvalue weighted by atomic mass is 32.2. The summed E-state index contributed by atoms with van der Waals surface area (Å²) in [6, 6.07) is 15.9. The van der Waals surface area contributed by atoms with Gasteiger partial charge in [0.05, 0.1) is 22.8 Å². The minimum absolute atomic E-state index is 0.0296. The van der Waals surface area contributed by atoms with E-state index in [1.54, 1.807) is 49.4 Å². The topological polar surface area (TPSA) is 119 Å². The van der Waals surface area contributed by atoms with E-state index in [1.807, 2.05) is 12.1 Å². The van der Waals surface area contributed by atoms with E-state index in [2.05, 4.69) is 5.32 Å². The van der Waals surface area contributed by atoms with Gasteiger partial charge in [-0.1, -0.05) is 24.3 Å². The number of nitrogens with two attached hydrogens (primary N) is 1. The minimum atomic E-state index is -0.727. The molecule has 3 N–H and O–H groups in total. The molecule has 3 aromatic rings. The van der Waals surface area contributed by atoms with Gasteiger partial charge in [0.25, 0.3) is 5.91 Å². The van der Waals surface area contributed by atoms with Crippen molar-refractivity contribution in [2.45, 2.75) is 23.5 Å². The Kier molecular flexibility index (Phi) is 6.71. The zero-order valence-corrected chi connectivity index (χ0v) is 20.0. The summed E-state index contributed by atoms with van der Waals surface area (Å²) in [5.74, 6) is -2.09. The SMILES string of the molecule is COC(=O)c1c(N2C(=O)CC(Sc3cccc(N)c3)C2=O)sc(C(=O)Nc2ccccc2)c1C. The summed E-state index contributed by atoms with van der Waals surface area (Å²) in [5.41, 5.74) is 7.32. The largest absolute Gasteiger partial charge is 0.465 e. The molecule has 1 atom stereocenters. The van der Waals surface area contributed by atoms with Crippen molar-refractivity contribution in [2.75, 3.05) is 23.1 Å². The predicted octanol–water partition coefficient (Wildman–Crippen LogP) is 4.10. The number of rotatable bonds is 6. The second-order valence-electron chi connectivity index (χ2n) is 7.50. The molecule has 0 saturated carbocycles. The van der Waals surface area contributed by atoms with Crippen molar-refractivity contribution >= 4 is 63.2 Å². The van der Waals surface area contributed by atoms with Gasteiger partial charge in [0, 0.05) is 22.7 Å². The number of anilines is 3. The highest BCUT2D eigenvalue weighted by Crippen LogP contribution is 2.42. The predicted molar refractivity (Wildman–Crippen MR) is 132 cm³/mol. The van der Waals surface area contributed by atoms with E-state index in [4.69, 9.17) is 10.5 Å². The molecule has 0 aliphatic carbocycles. The Morgan fingerprint density at radius 2 is 1.88 bits per heavy atom. The molecular formula is C24H21N3O5S2. The van der Waals surface area contributed by atoms with Crippen LogP contribution in [-0.4, -0.2) is 36.1 Å². The van der Waals surface area contributed by atoms with E-state index in [1.165, 1.54) is 18.9 Å². The number of methoxy groups -OCH3 is 1. The quantitative estimate of drug-likeness (QED) is 0.300. The molecule has 10 heteroatoms. The van der Waals surface area contributed by atoms with Gasteiger partial charge in [-0.2, -0.15) is 0 Å². The zero-order valence-electron chi connectivity index (χ0n) is 18.4. The molecule has 0 bridgehead atoms. The summed E-state index contributed by atoms with van der Waals surface area (Å²) in [6.07, 6.45) is -0.0403. The Morgan fingerprint density at radius 1 is 1.15 bits per heavy atom. The number of benzene rings is 2. The molecule has 2 heterocycles. The molecule has 1 saturated heterocycles. The van der Waals surface area contributed by atoms with Crippen LogP contribution in [0, 0.1) is 6.92 Å². The monoisotopic (exact) mass is 495 g/mol. The van der Waals surface area contributed by atoms with Gasteiger partial charge in [0.2, 0.25) is 11.8 Å². The summed E-state index contributed by atoms with van der Waals surface area (Å²) in [4.78, 5) is 53.7. The first-order chi connectivity index (χ1) is 16.3. The first-order valence-electron chi connectivity index (χ1n) is 10.3. The fourth-order valence-corrected chi connectivity index (χ4v) is 5.92. The molecule has 3 amide bonds. The van der Waals surface area contributed by atoms with Crippen molar-refractivity contribution in [2.24, 2.45) is 0 Å². The molecule has 2 aromatic carbocycles. The normalized spacial score (nSPS) is 15.5. The molecule has 0 radical (unpaired) electrons. The van der Waals surface area contributed by atoms with Gasteiger partial charge >= 0.3 is 5.97 Å². The van der Waals surface area contributed by atoms with Crippen LogP contribution in [0.4, 0.5) is 16.4 Å². The lowest BCUT2D eigenvalue weighted by Crippen LogP contribution is -2.31. The van der Waals surface area contributed by atoms with Crippen LogP contribution < -0.4 is 16.0 Å². The van der Waals surface area contributed by atoms with Crippen molar-refractivity contribution in [3.8, 4) is 0 Å². The van der Waals surface area contributed by atoms with Gasteiger partial charge in [0.1, 0.15) is 5.00 Å². The van der Waals surface area contributed by atoms with Crippen molar-refractivity contribution in [1.82, 2.24) is 0 Å². The number of nitrogens with one attached hydrogen (secondary N) is 1. The number of amides is 3. The van der Waals surface area contributed by atoms with Crippen LogP contribution in [-0.2, 0) is 14.3 Å². The first-order valence-corrected chi connectivity index (χ1v) is 12.0. The molecule has 0 spiro atoms. The van der Waals surface area contributed by atoms with E-state index >= 15 is 0 Å². The summed E-state index contributed by atoms with van der Waals surface area (Å²) in [6.45, 7) is 1.59. The Labute approximate surface area is 204 Å². The van der Waals surface area contributed by atoms with E-state index in [-0.39, 0.29) is 21.9 Å². The number of nitrogen functional groups attached to an aromatic ring is 1. The van der Waals surface area contributed by atoms with Crippen molar-refractivity contribution in [3.63, 3.8) is 0 Å². The van der Waals surface area contributed by atoms with Gasteiger partial charge in [0.15, 0.2) is 0 Å². The number of nitrogens with zero attached hydrogens (tertiary/aromatic N) is 1. The van der Waals surface area contributed by atoms with Crippen molar-refractivity contribution < 1.29 is 23.9 Å². The van der Waals surface area contributed by atoms with Crippen LogP contribution in [0.1, 0.15) is 32.0 Å². The van der Waals surface area contributed by atoms with Crippen LogP contribution in [0.5, 0.6) is 0 Å². The van der Waals surface area contributed by atoms with E-state index in [9.17, 15) is 19.2 Å². The molecule has 1 aromatic heterocycles. The van der Waals surface area contributed by atoms with Gasteiger partial charge in [-0.15, -0.1) is 23.1 Å². The summed E-state index contributed by atoms with van der Waals surface area (Å²) in [5, 5.41) is 2.19. The lowest BCUT2D eigenvalue weighted by molar-refractivity contribution is -0.121. The molecule has 174 valence electrons. The smallest absolute Gasteiger partial charge is 0.341 e. The Bertz CT molecular complexity index is 1290. The van der Waals surface area contributed by atoms with Gasteiger partial charge < -0.3 is 15.8 Å². The third-order valence-electron chi connectivity index (χ3n) is 5.20. The van der Waals surface area contributed by atoms with Gasteiger partial charge in [-0.05, 0) is 42.8 Å². The molecule has 1 aliphatic heterocycles. The summed E-state index contributed by atoms with van der Waals surface area (Å²) >= 11 is 2.15. The maximum Gasteiger partial charge on any atom is 0.341 e. The zero-order chi connectivity index (χ0) is 24.4. The standard InChI is InChI=1S/C24H21N3O5S2/c1-13-19(24(31)32-2)23(34-20(13)21(29)26-15-8-4-3-5-9-15)27-18(28)12-17(22(27)30)33-16-10-6-7-14(25)11-16/h3-11,17H,12,25H2,1-2H3,(H,26,29). The highest BCUT2D eigenvalue weighted by molar-refractivity contribution is 8.00. The maximum atomic E-state index is 13.3. The highest BCUT2D eigenvalue weighted by Gasteiger charge is 2.43. The number of carbonyl (C=O) groups is 4. The number of thiophene rings is 1. The van der Waals surface area contributed by atoms with Crippen LogP contribution in [0.3, 0.4) is 0 Å². The molecule has 4 rings (SSSR count). The molecule has 8 nitrogen and oxygen atoms in total. The fraction of sp³-hybridized carbons (Fsp3) is 0.167. The third-order valence-corrected chi connectivity index (χ3v) is 7.66. The number of esters is 1. The van der Waals surface area contributed by atoms with Gasteiger partial charge in [-0.25, -0.2) is 9.69 Å². The molecular weight excluding hydrogens is 474 g/mol. The van der Waals surface area contributed by atoms with E-state index < -0.39 is 28.9 Å². The fourth-order valence-electron chi connectivity index (χ4n) is 3.59. The Hall–Kier alpha value is -3.63. The number of imide groups is 1. The lowest BCUT2D eigenvalue weighted by atomic mass is 10.1. The number of hydrogen-bond acceptors (Lipinski definition) is 8. The lowest BCUT2D eigenvalue weighted by Gasteiger charge is -2.15. The van der Waals surface area contributed by atoms with Crippen LogP contribution in [0.15, 0.2) is 59.5 Å². The molecule has 34 heavy (non-hydrogen) atoms. The van der Waals surface area contributed by atoms with Gasteiger partial charge in [-0.3, -0.25) is 14.4 Å². The number of thioether (sulfide) groups is 1. The molecule has 1 unspecified atom stereocenters. The van der Waals surface area contributed by atoms with E-state index in [0.717, 1.165) is 21.1 Å². The van der Waals surface area contributed by atoms with Crippen molar-refractivity contribution in [3.05, 3.63) is 70.6 Å². The van der Waals surface area contributed by atoms with Crippen LogP contribution in [0.25, 0.3) is 0 Å². The molecule has 1 fully saturated rings. The summed E-state index contributed by atoms with van der Waals surface area (Å²) in [7, 11) is 1.21. The average Bonchev–Trinajstić information content (AvgIpc) is 3.29. The third kappa shape index (κ3) is 4.55. The second-order valence-corrected chi connectivity index (χ2v) is 9.77. The van der Waals surface area contributed by atoms with Crippen LogP contribution in [0.2, 0.25) is 0 Å². The Balaban J connectivity index is 1.67. The van der Waals surface area contributed by atoms with Crippen LogP contribution >= 0.6 is 23.1 Å². The maximum absolute atomic E-state index is 13.3. The van der Waals surface area contributed by atoms with E-state index in [0.29, 0.717) is 16.9 Å². The number of ether oxygens (including phenoxy) is 1. The second kappa shape index (κ2) is 9.70. The number of carbonyl (C=O) groups excluding carboxylic acids is 4. The Morgan fingerprint density at radius 3 is 2.56 bits per heavy atom. The number of para-hydroxylation sites is 1. The number of hydrogen-bond donors (Lipinski definition) is 2. The average molecular weight is 496 g/mol. The minimum Gasteiger partial charge on any atom is -0.465 e. The van der Waals surface area contributed by atoms with Crippen molar-refractivity contribution in [1.29, 1.82) is 0 Å². The summed E-state index contributed by atoms with van der Waals surface area (Å²) < 4.78 is 4.90. The molecule has 1 aliphatic rings. The first kappa shape index (κ1) is 23.5.